The molecule has 0 bridgehead atoms. The molecule has 3 nitrogen and oxygen atoms in total. The van der Waals surface area contributed by atoms with Crippen LogP contribution in [-0.2, 0) is 6.54 Å². The Bertz CT molecular complexity index is 311. The zero-order valence-corrected chi connectivity index (χ0v) is 10.8. The van der Waals surface area contributed by atoms with E-state index in [9.17, 15) is 5.11 Å². The quantitative estimate of drug-likeness (QED) is 0.757. The smallest absolute Gasteiger partial charge is 0.0743 e. The maximum Gasteiger partial charge on any atom is 0.0743 e. The summed E-state index contributed by atoms with van der Waals surface area (Å²) in [7, 11) is 0. The van der Waals surface area contributed by atoms with Gasteiger partial charge in [-0.2, -0.15) is 0 Å². The van der Waals surface area contributed by atoms with Crippen molar-refractivity contribution in [1.82, 2.24) is 4.90 Å². The van der Waals surface area contributed by atoms with Crippen LogP contribution >= 0.6 is 0 Å². The van der Waals surface area contributed by atoms with Gasteiger partial charge < -0.3 is 10.2 Å². The molecule has 0 saturated carbocycles. The molecule has 1 aromatic rings. The molecule has 1 aromatic carbocycles. The van der Waals surface area contributed by atoms with E-state index in [-0.39, 0.29) is 6.61 Å². The third kappa shape index (κ3) is 5.31. The fourth-order valence-electron chi connectivity index (χ4n) is 1.79. The first kappa shape index (κ1) is 14.2. The maximum atomic E-state index is 10.1. The highest BCUT2D eigenvalue weighted by atomic mass is 16.3. The van der Waals surface area contributed by atoms with Gasteiger partial charge in [0.15, 0.2) is 0 Å². The highest BCUT2D eigenvalue weighted by molar-refractivity contribution is 5.14. The Morgan fingerprint density at radius 1 is 1.24 bits per heavy atom. The van der Waals surface area contributed by atoms with Crippen molar-refractivity contribution in [1.29, 1.82) is 0 Å². The zero-order valence-electron chi connectivity index (χ0n) is 10.8. The molecule has 2 N–H and O–H groups in total. The summed E-state index contributed by atoms with van der Waals surface area (Å²) in [6.07, 6.45) is 0.712. The summed E-state index contributed by atoms with van der Waals surface area (Å²) in [4.78, 5) is 2.08. The van der Waals surface area contributed by atoms with Crippen LogP contribution < -0.4 is 0 Å². The molecule has 0 heterocycles. The molecule has 0 aromatic heterocycles. The number of aliphatic hydroxyl groups is 2. The molecule has 3 heteroatoms. The molecule has 0 aliphatic rings. The molecule has 0 aliphatic carbocycles. The number of rotatable bonds is 7. The number of benzene rings is 1. The Hall–Kier alpha value is -0.900. The number of nitrogens with zero attached hydrogens (tertiary/aromatic N) is 1. The molecule has 96 valence electrons. The van der Waals surface area contributed by atoms with E-state index in [0.717, 1.165) is 6.54 Å². The van der Waals surface area contributed by atoms with Crippen molar-refractivity contribution in [2.24, 2.45) is 0 Å². The molecule has 0 fully saturated rings. The highest BCUT2D eigenvalue weighted by Crippen LogP contribution is 2.13. The highest BCUT2D eigenvalue weighted by Gasteiger charge is 2.21. The monoisotopic (exact) mass is 237 g/mol. The molecule has 0 aliphatic heterocycles. The van der Waals surface area contributed by atoms with Crippen LogP contribution in [0.4, 0.5) is 0 Å². The molecule has 1 rings (SSSR count). The van der Waals surface area contributed by atoms with Crippen LogP contribution in [-0.4, -0.2) is 40.4 Å². The average Bonchev–Trinajstić information content (AvgIpc) is 2.30. The predicted octanol–water partition coefficient (Wildman–Crippen LogP) is 1.64. The lowest BCUT2D eigenvalue weighted by atomic mass is 10.0. The van der Waals surface area contributed by atoms with Crippen molar-refractivity contribution in [3.63, 3.8) is 0 Å². The fraction of sp³-hybridized carbons (Fsp3) is 0.571. The van der Waals surface area contributed by atoms with E-state index in [1.807, 2.05) is 32.0 Å². The Morgan fingerprint density at radius 3 is 2.41 bits per heavy atom. The van der Waals surface area contributed by atoms with Gasteiger partial charge in [-0.25, -0.2) is 0 Å². The van der Waals surface area contributed by atoms with Crippen LogP contribution in [0.3, 0.4) is 0 Å². The van der Waals surface area contributed by atoms with E-state index in [1.54, 1.807) is 0 Å². The van der Waals surface area contributed by atoms with Gasteiger partial charge in [-0.3, -0.25) is 4.90 Å². The van der Waals surface area contributed by atoms with Crippen LogP contribution in [0.25, 0.3) is 0 Å². The molecule has 17 heavy (non-hydrogen) atoms. The van der Waals surface area contributed by atoms with Gasteiger partial charge in [0.25, 0.3) is 0 Å². The SMILES string of the molecule is CCC(C)(O)CN(CCO)Cc1ccccc1. The number of aliphatic hydroxyl groups excluding tert-OH is 1. The van der Waals surface area contributed by atoms with E-state index in [1.165, 1.54) is 5.56 Å². The van der Waals surface area contributed by atoms with Gasteiger partial charge in [-0.15, -0.1) is 0 Å². The first-order chi connectivity index (χ1) is 8.07. The second-order valence-electron chi connectivity index (χ2n) is 4.77. The molecule has 0 amide bonds. The Morgan fingerprint density at radius 2 is 1.88 bits per heavy atom. The van der Waals surface area contributed by atoms with Crippen LogP contribution in [0.1, 0.15) is 25.8 Å². The number of hydrogen-bond acceptors (Lipinski definition) is 3. The van der Waals surface area contributed by atoms with Crippen molar-refractivity contribution in [3.8, 4) is 0 Å². The summed E-state index contributed by atoms with van der Waals surface area (Å²) in [5, 5.41) is 19.1. The third-order valence-corrected chi connectivity index (χ3v) is 2.99. The minimum Gasteiger partial charge on any atom is -0.395 e. The topological polar surface area (TPSA) is 43.7 Å². The van der Waals surface area contributed by atoms with Crippen molar-refractivity contribution in [2.75, 3.05) is 19.7 Å². The first-order valence-corrected chi connectivity index (χ1v) is 6.17. The molecule has 0 saturated heterocycles. The van der Waals surface area contributed by atoms with Gasteiger partial charge in [-0.05, 0) is 18.9 Å². The van der Waals surface area contributed by atoms with Crippen LogP contribution in [0.15, 0.2) is 30.3 Å². The first-order valence-electron chi connectivity index (χ1n) is 6.17. The van der Waals surface area contributed by atoms with Crippen LogP contribution in [0.5, 0.6) is 0 Å². The molecular weight excluding hydrogens is 214 g/mol. The van der Waals surface area contributed by atoms with Gasteiger partial charge in [0, 0.05) is 19.6 Å². The largest absolute Gasteiger partial charge is 0.395 e. The summed E-state index contributed by atoms with van der Waals surface area (Å²) in [5.41, 5.74) is 0.511. The molecule has 0 spiro atoms. The maximum absolute atomic E-state index is 10.1. The summed E-state index contributed by atoms with van der Waals surface area (Å²) in [6.45, 7) is 5.86. The second kappa shape index (κ2) is 6.74. The molecule has 1 atom stereocenters. The van der Waals surface area contributed by atoms with Gasteiger partial charge in [0.05, 0.1) is 12.2 Å². The molecule has 1 unspecified atom stereocenters. The normalized spacial score (nSPS) is 14.9. The minimum atomic E-state index is -0.691. The lowest BCUT2D eigenvalue weighted by Gasteiger charge is -2.30. The molecular formula is C14H23NO2. The van der Waals surface area contributed by atoms with Crippen molar-refractivity contribution in [2.45, 2.75) is 32.4 Å². The van der Waals surface area contributed by atoms with Gasteiger partial charge in [0.1, 0.15) is 0 Å². The Labute approximate surface area is 104 Å². The summed E-state index contributed by atoms with van der Waals surface area (Å²) >= 11 is 0. The van der Waals surface area contributed by atoms with E-state index in [4.69, 9.17) is 5.11 Å². The van der Waals surface area contributed by atoms with Crippen molar-refractivity contribution in [3.05, 3.63) is 35.9 Å². The number of hydrogen-bond donors (Lipinski definition) is 2. The van der Waals surface area contributed by atoms with Gasteiger partial charge in [0.2, 0.25) is 0 Å². The average molecular weight is 237 g/mol. The van der Waals surface area contributed by atoms with Gasteiger partial charge >= 0.3 is 0 Å². The third-order valence-electron chi connectivity index (χ3n) is 2.99. The second-order valence-corrected chi connectivity index (χ2v) is 4.77. The van der Waals surface area contributed by atoms with Crippen molar-refractivity contribution >= 4 is 0 Å². The summed E-state index contributed by atoms with van der Waals surface area (Å²) in [5.74, 6) is 0. The Kier molecular flexibility index (Phi) is 5.62. The van der Waals surface area contributed by atoms with E-state index < -0.39 is 5.60 Å². The summed E-state index contributed by atoms with van der Waals surface area (Å²) in [6, 6.07) is 10.1. The predicted molar refractivity (Wildman–Crippen MR) is 69.7 cm³/mol. The Balaban J connectivity index is 2.60. The van der Waals surface area contributed by atoms with E-state index >= 15 is 0 Å². The molecule has 0 radical (unpaired) electrons. The van der Waals surface area contributed by atoms with Crippen LogP contribution in [0.2, 0.25) is 0 Å². The van der Waals surface area contributed by atoms with Crippen LogP contribution in [0, 0.1) is 0 Å². The van der Waals surface area contributed by atoms with E-state index in [0.29, 0.717) is 19.5 Å². The zero-order chi connectivity index (χ0) is 12.7. The van der Waals surface area contributed by atoms with E-state index in [2.05, 4.69) is 17.0 Å². The lowest BCUT2D eigenvalue weighted by molar-refractivity contribution is 0.00964. The van der Waals surface area contributed by atoms with Gasteiger partial charge in [-0.1, -0.05) is 37.3 Å². The lowest BCUT2D eigenvalue weighted by Crippen LogP contribution is -2.41. The fourth-order valence-corrected chi connectivity index (χ4v) is 1.79. The summed E-state index contributed by atoms with van der Waals surface area (Å²) < 4.78 is 0. The minimum absolute atomic E-state index is 0.118. The van der Waals surface area contributed by atoms with Crippen molar-refractivity contribution < 1.29 is 10.2 Å². The standard InChI is InChI=1S/C14H23NO2/c1-3-14(2,17)12-15(9-10-16)11-13-7-5-4-6-8-13/h4-8,16-17H,3,9-12H2,1-2H3.